The van der Waals surface area contributed by atoms with Crippen molar-refractivity contribution < 1.29 is 8.42 Å². The smallest absolute Gasteiger partial charge is 0.243 e. The predicted molar refractivity (Wildman–Crippen MR) is 113 cm³/mol. The molecule has 0 unspecified atom stereocenters. The summed E-state index contributed by atoms with van der Waals surface area (Å²) in [6, 6.07) is 17.4. The van der Waals surface area contributed by atoms with Crippen molar-refractivity contribution in [3.63, 3.8) is 0 Å². The summed E-state index contributed by atoms with van der Waals surface area (Å²) in [5, 5.41) is 7.64. The van der Waals surface area contributed by atoms with E-state index in [4.69, 9.17) is 0 Å². The lowest BCUT2D eigenvalue weighted by molar-refractivity contribution is 0.346. The number of rotatable bonds is 7. The topological polar surface area (TPSA) is 67.2 Å². The summed E-state index contributed by atoms with van der Waals surface area (Å²) in [4.78, 5) is 0.386. The molecule has 0 atom stereocenters. The Morgan fingerprint density at radius 3 is 2.07 bits per heavy atom. The molecular formula is C22H26N4O2S. The Bertz CT molecular complexity index is 1010. The number of piperidine rings is 1. The molecule has 0 amide bonds. The highest BCUT2D eigenvalue weighted by Crippen LogP contribution is 2.21. The van der Waals surface area contributed by atoms with E-state index in [1.807, 2.05) is 41.2 Å². The van der Waals surface area contributed by atoms with Crippen molar-refractivity contribution in [1.29, 1.82) is 0 Å². The fraction of sp³-hybridized carbons (Fsp3) is 0.318. The molecule has 4 rings (SSSR count). The minimum absolute atomic E-state index is 0.386. The van der Waals surface area contributed by atoms with Gasteiger partial charge < -0.3 is 5.32 Å². The number of benzene rings is 2. The van der Waals surface area contributed by atoms with Gasteiger partial charge in [0.15, 0.2) is 0 Å². The van der Waals surface area contributed by atoms with Crippen LogP contribution in [0, 0.1) is 0 Å². The molecule has 0 aliphatic carbocycles. The van der Waals surface area contributed by atoms with Crippen LogP contribution in [0.1, 0.15) is 30.4 Å². The zero-order chi connectivity index (χ0) is 20.1. The molecule has 0 spiro atoms. The predicted octanol–water partition coefficient (Wildman–Crippen LogP) is 3.34. The maximum atomic E-state index is 12.7. The van der Waals surface area contributed by atoms with E-state index >= 15 is 0 Å². The normalized spacial score (nSPS) is 15.4. The van der Waals surface area contributed by atoms with E-state index in [-0.39, 0.29) is 0 Å². The van der Waals surface area contributed by atoms with Crippen LogP contribution in [-0.2, 0) is 23.1 Å². The van der Waals surface area contributed by atoms with Gasteiger partial charge in [0.25, 0.3) is 0 Å². The van der Waals surface area contributed by atoms with Crippen molar-refractivity contribution in [3.8, 4) is 5.69 Å². The van der Waals surface area contributed by atoms with Crippen molar-refractivity contribution in [2.75, 3.05) is 13.1 Å². The van der Waals surface area contributed by atoms with Gasteiger partial charge in [-0.1, -0.05) is 30.7 Å². The molecule has 0 saturated carbocycles. The molecule has 152 valence electrons. The molecular weight excluding hydrogens is 384 g/mol. The number of nitrogens with one attached hydrogen (secondary N) is 1. The van der Waals surface area contributed by atoms with Crippen molar-refractivity contribution in [1.82, 2.24) is 19.4 Å². The van der Waals surface area contributed by atoms with Gasteiger partial charge in [-0.3, -0.25) is 0 Å². The summed E-state index contributed by atoms with van der Waals surface area (Å²) in [7, 11) is -3.36. The van der Waals surface area contributed by atoms with Gasteiger partial charge in [-0.15, -0.1) is 0 Å². The lowest BCUT2D eigenvalue weighted by Crippen LogP contribution is -2.35. The molecule has 2 heterocycles. The number of nitrogens with zero attached hydrogens (tertiary/aromatic N) is 3. The lowest BCUT2D eigenvalue weighted by atomic mass is 10.2. The molecule has 0 radical (unpaired) electrons. The van der Waals surface area contributed by atoms with Crippen LogP contribution in [0.5, 0.6) is 0 Å². The van der Waals surface area contributed by atoms with Crippen LogP contribution in [0.3, 0.4) is 0 Å². The first-order chi connectivity index (χ1) is 14.1. The summed E-state index contributed by atoms with van der Waals surface area (Å²) in [6.07, 6.45) is 6.69. The molecule has 7 heteroatoms. The van der Waals surface area contributed by atoms with E-state index in [9.17, 15) is 8.42 Å². The molecule has 1 aromatic heterocycles. The molecule has 2 aromatic carbocycles. The summed E-state index contributed by atoms with van der Waals surface area (Å²) >= 11 is 0. The Hall–Kier alpha value is -2.48. The summed E-state index contributed by atoms with van der Waals surface area (Å²) in [6.45, 7) is 2.69. The SMILES string of the molecule is O=S(=O)(c1ccc(CNCc2ccc(-n3cccn3)cc2)cc1)N1CCCCC1. The minimum Gasteiger partial charge on any atom is -0.309 e. The van der Waals surface area contributed by atoms with Crippen LogP contribution >= 0.6 is 0 Å². The van der Waals surface area contributed by atoms with Crippen LogP contribution in [-0.4, -0.2) is 35.6 Å². The number of hydrogen-bond donors (Lipinski definition) is 1. The highest BCUT2D eigenvalue weighted by Gasteiger charge is 2.25. The first-order valence-electron chi connectivity index (χ1n) is 10.0. The molecule has 1 N–H and O–H groups in total. The maximum Gasteiger partial charge on any atom is 0.243 e. The molecule has 0 bridgehead atoms. The van der Waals surface area contributed by atoms with Gasteiger partial charge in [-0.2, -0.15) is 9.40 Å². The lowest BCUT2D eigenvalue weighted by Gasteiger charge is -2.25. The third-order valence-corrected chi connectivity index (χ3v) is 7.15. The standard InChI is InChI=1S/C22H26N4O2S/c27-29(28,25-14-2-1-3-15-25)22-11-7-20(8-12-22)18-23-17-19-5-9-21(10-6-19)26-16-4-13-24-26/h4-13,16,23H,1-3,14-15,17-18H2. The second-order valence-electron chi connectivity index (χ2n) is 7.33. The Morgan fingerprint density at radius 2 is 1.48 bits per heavy atom. The number of hydrogen-bond acceptors (Lipinski definition) is 4. The first-order valence-corrected chi connectivity index (χ1v) is 11.5. The van der Waals surface area contributed by atoms with E-state index in [0.29, 0.717) is 24.5 Å². The number of aromatic nitrogens is 2. The molecule has 6 nitrogen and oxygen atoms in total. The highest BCUT2D eigenvalue weighted by atomic mass is 32.2. The van der Waals surface area contributed by atoms with E-state index in [1.54, 1.807) is 22.6 Å². The van der Waals surface area contributed by atoms with Gasteiger partial charge >= 0.3 is 0 Å². The molecule has 29 heavy (non-hydrogen) atoms. The average Bonchev–Trinajstić information content (AvgIpc) is 3.30. The summed E-state index contributed by atoms with van der Waals surface area (Å²) in [5.41, 5.74) is 3.28. The molecule has 1 aliphatic heterocycles. The quantitative estimate of drug-likeness (QED) is 0.649. The Balaban J connectivity index is 1.31. The van der Waals surface area contributed by atoms with Gasteiger partial charge in [0, 0.05) is 38.6 Å². The van der Waals surface area contributed by atoms with Crippen LogP contribution in [0.4, 0.5) is 0 Å². The van der Waals surface area contributed by atoms with Gasteiger partial charge in [0.1, 0.15) is 0 Å². The second-order valence-corrected chi connectivity index (χ2v) is 9.27. The summed E-state index contributed by atoms with van der Waals surface area (Å²) in [5.74, 6) is 0. The zero-order valence-corrected chi connectivity index (χ0v) is 17.2. The van der Waals surface area contributed by atoms with Crippen molar-refractivity contribution in [2.45, 2.75) is 37.2 Å². The zero-order valence-electron chi connectivity index (χ0n) is 16.4. The third-order valence-electron chi connectivity index (χ3n) is 5.24. The van der Waals surface area contributed by atoms with E-state index in [0.717, 1.165) is 37.1 Å². The van der Waals surface area contributed by atoms with Crippen molar-refractivity contribution in [2.24, 2.45) is 0 Å². The van der Waals surface area contributed by atoms with Crippen LogP contribution < -0.4 is 5.32 Å². The van der Waals surface area contributed by atoms with Gasteiger partial charge in [0.05, 0.1) is 10.6 Å². The Kier molecular flexibility index (Phi) is 6.08. The van der Waals surface area contributed by atoms with Crippen LogP contribution in [0.15, 0.2) is 71.9 Å². The van der Waals surface area contributed by atoms with E-state index < -0.39 is 10.0 Å². The fourth-order valence-corrected chi connectivity index (χ4v) is 5.09. The first kappa shape index (κ1) is 19.8. The fourth-order valence-electron chi connectivity index (χ4n) is 3.57. The van der Waals surface area contributed by atoms with Gasteiger partial charge in [0.2, 0.25) is 10.0 Å². The Morgan fingerprint density at radius 1 is 0.862 bits per heavy atom. The average molecular weight is 411 g/mol. The molecule has 3 aromatic rings. The van der Waals surface area contributed by atoms with Crippen molar-refractivity contribution in [3.05, 3.63) is 78.1 Å². The third kappa shape index (κ3) is 4.75. The molecule has 1 saturated heterocycles. The second kappa shape index (κ2) is 8.90. The van der Waals surface area contributed by atoms with E-state index in [2.05, 4.69) is 22.5 Å². The number of sulfonamides is 1. The van der Waals surface area contributed by atoms with Gasteiger partial charge in [-0.25, -0.2) is 13.1 Å². The minimum atomic E-state index is -3.36. The Labute approximate surface area is 172 Å². The monoisotopic (exact) mass is 410 g/mol. The molecule has 1 fully saturated rings. The van der Waals surface area contributed by atoms with Crippen molar-refractivity contribution >= 4 is 10.0 Å². The maximum absolute atomic E-state index is 12.7. The largest absolute Gasteiger partial charge is 0.309 e. The van der Waals surface area contributed by atoms with Gasteiger partial charge in [-0.05, 0) is 54.3 Å². The highest BCUT2D eigenvalue weighted by molar-refractivity contribution is 7.89. The van der Waals surface area contributed by atoms with Crippen LogP contribution in [0.2, 0.25) is 0 Å². The van der Waals surface area contributed by atoms with E-state index in [1.165, 1.54) is 5.56 Å². The molecule has 1 aliphatic rings. The summed E-state index contributed by atoms with van der Waals surface area (Å²) < 4.78 is 28.9. The van der Waals surface area contributed by atoms with Crippen LogP contribution in [0.25, 0.3) is 5.69 Å².